The molecule has 2 fully saturated rings. The molecule has 1 saturated carbocycles. The summed E-state index contributed by atoms with van der Waals surface area (Å²) in [5.74, 6) is 0. The second-order valence-electron chi connectivity index (χ2n) is 9.44. The van der Waals surface area contributed by atoms with Crippen LogP contribution >= 0.6 is 0 Å². The fourth-order valence-electron chi connectivity index (χ4n) is 5.06. The molecule has 180 valence electrons. The molecule has 1 saturated heterocycles. The van der Waals surface area contributed by atoms with Crippen molar-refractivity contribution in [1.82, 2.24) is 19.1 Å². The Hall–Kier alpha value is -3.43. The van der Waals surface area contributed by atoms with E-state index in [9.17, 15) is 13.2 Å². The van der Waals surface area contributed by atoms with E-state index in [4.69, 9.17) is 0 Å². The van der Waals surface area contributed by atoms with Crippen LogP contribution in [0.4, 0.5) is 5.69 Å². The van der Waals surface area contributed by atoms with Crippen LogP contribution in [-0.2, 0) is 17.1 Å². The maximum absolute atomic E-state index is 12.8. The quantitative estimate of drug-likeness (QED) is 0.450. The summed E-state index contributed by atoms with van der Waals surface area (Å²) >= 11 is 0. The minimum absolute atomic E-state index is 0.0691. The number of anilines is 1. The van der Waals surface area contributed by atoms with Gasteiger partial charge in [0, 0.05) is 43.0 Å². The van der Waals surface area contributed by atoms with Crippen LogP contribution in [0.5, 0.6) is 0 Å². The molecule has 4 aromatic rings. The molecule has 35 heavy (non-hydrogen) atoms. The molecular weight excluding hydrogens is 462 g/mol. The van der Waals surface area contributed by atoms with Crippen LogP contribution in [0.1, 0.15) is 30.9 Å². The van der Waals surface area contributed by atoms with Crippen LogP contribution in [0.2, 0.25) is 0 Å². The van der Waals surface area contributed by atoms with Gasteiger partial charge in [-0.2, -0.15) is 5.10 Å². The highest BCUT2D eigenvalue weighted by Crippen LogP contribution is 2.39. The molecule has 2 aliphatic rings. The third-order valence-corrected chi connectivity index (χ3v) is 9.00. The van der Waals surface area contributed by atoms with E-state index in [0.29, 0.717) is 0 Å². The van der Waals surface area contributed by atoms with E-state index < -0.39 is 10.0 Å². The molecule has 0 radical (unpaired) electrons. The molecule has 0 amide bonds. The zero-order valence-corrected chi connectivity index (χ0v) is 20.2. The molecule has 2 aromatic heterocycles. The zero-order chi connectivity index (χ0) is 24.2. The molecule has 9 heteroatoms. The third kappa shape index (κ3) is 4.04. The molecule has 1 aliphatic carbocycles. The highest BCUT2D eigenvalue weighted by Gasteiger charge is 2.42. The molecule has 0 spiro atoms. The van der Waals surface area contributed by atoms with E-state index in [1.54, 1.807) is 19.3 Å². The first kappa shape index (κ1) is 22.1. The van der Waals surface area contributed by atoms with Gasteiger partial charge in [0.1, 0.15) is 0 Å². The molecule has 2 aromatic carbocycles. The van der Waals surface area contributed by atoms with Crippen molar-refractivity contribution in [1.29, 1.82) is 0 Å². The van der Waals surface area contributed by atoms with Crippen LogP contribution < -0.4 is 15.2 Å². The first-order valence-electron chi connectivity index (χ1n) is 11.9. The minimum Gasteiger partial charge on any atom is -0.363 e. The van der Waals surface area contributed by atoms with Crippen molar-refractivity contribution in [2.45, 2.75) is 36.6 Å². The molecule has 0 bridgehead atoms. The Balaban J connectivity index is 1.36. The number of nitrogens with zero attached hydrogens (tertiary/aromatic N) is 4. The number of aromatic nitrogens is 3. The van der Waals surface area contributed by atoms with Crippen LogP contribution in [0.25, 0.3) is 16.6 Å². The SMILES string of the molecule is Cn1cc(-n2ncc3cc(N4CC[C@H](NS(=O)(=O)C5CC5)[C@H]4c4ccccc4)ccc32)ccc1=O. The standard InChI is InChI=1S/C26H27N5O3S/c1-29-17-21(8-12-25(29)32)31-24-11-7-20(15-19(24)16-27-31)30-14-13-23(28-35(33,34)22-9-10-22)26(30)18-5-3-2-4-6-18/h2-8,11-12,15-17,22-23,26,28H,9-10,13-14H2,1H3/t23-,26+/m0/s1. The van der Waals surface area contributed by atoms with E-state index in [0.717, 1.165) is 53.6 Å². The predicted octanol–water partition coefficient (Wildman–Crippen LogP) is 3.13. The topological polar surface area (TPSA) is 89.2 Å². The number of hydrogen-bond donors (Lipinski definition) is 1. The summed E-state index contributed by atoms with van der Waals surface area (Å²) in [7, 11) is -1.58. The lowest BCUT2D eigenvalue weighted by molar-refractivity contribution is 0.524. The molecule has 3 heterocycles. The van der Waals surface area contributed by atoms with Gasteiger partial charge in [0.05, 0.1) is 28.7 Å². The van der Waals surface area contributed by atoms with Crippen LogP contribution in [0, 0.1) is 0 Å². The first-order valence-corrected chi connectivity index (χ1v) is 13.4. The van der Waals surface area contributed by atoms with Crippen LogP contribution in [0.15, 0.2) is 77.9 Å². The second kappa shape index (κ2) is 8.35. The normalized spacial score (nSPS) is 20.5. The largest absolute Gasteiger partial charge is 0.363 e. The van der Waals surface area contributed by atoms with E-state index in [2.05, 4.69) is 39.0 Å². The van der Waals surface area contributed by atoms with Crippen LogP contribution in [0.3, 0.4) is 0 Å². The second-order valence-corrected chi connectivity index (χ2v) is 11.4. The van der Waals surface area contributed by atoms with Gasteiger partial charge in [-0.3, -0.25) is 4.79 Å². The Kier molecular flexibility index (Phi) is 5.26. The number of rotatable bonds is 6. The fraction of sp³-hybridized carbons (Fsp3) is 0.308. The van der Waals surface area contributed by atoms with Crippen molar-refractivity contribution < 1.29 is 8.42 Å². The third-order valence-electron chi connectivity index (χ3n) is 7.02. The summed E-state index contributed by atoms with van der Waals surface area (Å²) < 4.78 is 31.9. The first-order chi connectivity index (χ1) is 16.9. The molecule has 1 aliphatic heterocycles. The molecule has 0 unspecified atom stereocenters. The Bertz CT molecular complexity index is 1560. The lowest BCUT2D eigenvalue weighted by atomic mass is 10.0. The highest BCUT2D eigenvalue weighted by molar-refractivity contribution is 7.90. The fourth-order valence-corrected chi connectivity index (χ4v) is 6.68. The summed E-state index contributed by atoms with van der Waals surface area (Å²) in [6.45, 7) is 0.748. The van der Waals surface area contributed by atoms with Gasteiger partial charge in [-0.25, -0.2) is 17.8 Å². The van der Waals surface area contributed by atoms with E-state index in [1.807, 2.05) is 35.1 Å². The number of nitrogens with one attached hydrogen (secondary N) is 1. The number of benzene rings is 2. The van der Waals surface area contributed by atoms with Gasteiger partial charge in [0.2, 0.25) is 15.6 Å². The van der Waals surface area contributed by atoms with Gasteiger partial charge < -0.3 is 9.47 Å². The average Bonchev–Trinajstić information content (AvgIpc) is 3.53. The van der Waals surface area contributed by atoms with E-state index in [1.165, 1.54) is 10.6 Å². The lowest BCUT2D eigenvalue weighted by Crippen LogP contribution is -2.41. The maximum atomic E-state index is 12.8. The summed E-state index contributed by atoms with van der Waals surface area (Å²) in [5, 5.41) is 5.30. The maximum Gasteiger partial charge on any atom is 0.250 e. The van der Waals surface area contributed by atoms with Gasteiger partial charge in [0.15, 0.2) is 0 Å². The van der Waals surface area contributed by atoms with Gasteiger partial charge in [0.25, 0.3) is 0 Å². The van der Waals surface area contributed by atoms with Crippen molar-refractivity contribution in [3.8, 4) is 5.69 Å². The van der Waals surface area contributed by atoms with Crippen molar-refractivity contribution >= 4 is 26.6 Å². The monoisotopic (exact) mass is 489 g/mol. The number of sulfonamides is 1. The Morgan fingerprint density at radius 3 is 2.49 bits per heavy atom. The van der Waals surface area contributed by atoms with Gasteiger partial charge in [-0.15, -0.1) is 0 Å². The predicted molar refractivity (Wildman–Crippen MR) is 136 cm³/mol. The number of pyridine rings is 1. The van der Waals surface area contributed by atoms with E-state index in [-0.39, 0.29) is 22.9 Å². The Morgan fingerprint density at radius 1 is 0.971 bits per heavy atom. The molecule has 8 nitrogen and oxygen atoms in total. The number of fused-ring (bicyclic) bond motifs is 1. The van der Waals surface area contributed by atoms with Gasteiger partial charge in [-0.1, -0.05) is 30.3 Å². The summed E-state index contributed by atoms with van der Waals surface area (Å²) in [6.07, 6.45) is 5.83. The Morgan fingerprint density at radius 2 is 1.74 bits per heavy atom. The van der Waals surface area contributed by atoms with Gasteiger partial charge >= 0.3 is 0 Å². The van der Waals surface area contributed by atoms with Gasteiger partial charge in [-0.05, 0) is 49.1 Å². The lowest BCUT2D eigenvalue weighted by Gasteiger charge is -2.31. The minimum atomic E-state index is -3.30. The molecule has 1 N–H and O–H groups in total. The molecular formula is C26H27N5O3S. The zero-order valence-electron chi connectivity index (χ0n) is 19.4. The highest BCUT2D eigenvalue weighted by atomic mass is 32.2. The van der Waals surface area contributed by atoms with Crippen molar-refractivity contribution in [3.05, 3.63) is 89.0 Å². The summed E-state index contributed by atoms with van der Waals surface area (Å²) in [4.78, 5) is 14.1. The average molecular weight is 490 g/mol. The summed E-state index contributed by atoms with van der Waals surface area (Å²) in [5.41, 5.74) is 3.80. The van der Waals surface area contributed by atoms with Crippen molar-refractivity contribution in [3.63, 3.8) is 0 Å². The Labute approximate surface area is 203 Å². The molecule has 6 rings (SSSR count). The van der Waals surface area contributed by atoms with Crippen molar-refractivity contribution in [2.75, 3.05) is 11.4 Å². The van der Waals surface area contributed by atoms with Crippen molar-refractivity contribution in [2.24, 2.45) is 7.05 Å². The van der Waals surface area contributed by atoms with E-state index >= 15 is 0 Å². The molecule has 2 atom stereocenters. The number of aryl methyl sites for hydroxylation is 1. The summed E-state index contributed by atoms with van der Waals surface area (Å²) in [6, 6.07) is 19.3. The number of hydrogen-bond acceptors (Lipinski definition) is 5. The smallest absolute Gasteiger partial charge is 0.250 e. The van der Waals surface area contributed by atoms with Crippen LogP contribution in [-0.4, -0.2) is 40.6 Å².